The van der Waals surface area contributed by atoms with Gasteiger partial charge in [-0.05, 0) is 64.7 Å². The molecule has 1 aliphatic rings. The van der Waals surface area contributed by atoms with Crippen LogP contribution >= 0.6 is 0 Å². The van der Waals surface area contributed by atoms with E-state index in [1.807, 2.05) is 138 Å². The minimum Gasteiger partial charge on any atom is -0.308 e. The van der Waals surface area contributed by atoms with Gasteiger partial charge in [0.2, 0.25) is 9.84 Å². The number of carbonyl (C=O) groups excluding carboxylic acids is 1. The van der Waals surface area contributed by atoms with Crippen molar-refractivity contribution in [2.75, 3.05) is 4.90 Å². The highest BCUT2D eigenvalue weighted by molar-refractivity contribution is 7.92. The molecule has 7 rings (SSSR count). The number of sulfone groups is 1. The number of hydrogen-bond acceptors (Lipinski definition) is 4. The number of nitrogens with zero attached hydrogens (tertiary/aromatic N) is 1. The maximum absolute atomic E-state index is 13.9. The molecular formula is C37H25NO3S. The summed E-state index contributed by atoms with van der Waals surface area (Å²) >= 11 is 0. The third-order valence-corrected chi connectivity index (χ3v) is 9.42. The molecule has 0 fully saturated rings. The van der Waals surface area contributed by atoms with Gasteiger partial charge in [-0.3, -0.25) is 4.79 Å². The second-order valence-corrected chi connectivity index (χ2v) is 12.1. The third-order valence-electron chi connectivity index (χ3n) is 7.59. The van der Waals surface area contributed by atoms with Crippen LogP contribution in [0.15, 0.2) is 161 Å². The Morgan fingerprint density at radius 1 is 0.452 bits per heavy atom. The number of anilines is 3. The summed E-state index contributed by atoms with van der Waals surface area (Å²) in [4.78, 5) is 15.7. The summed E-state index contributed by atoms with van der Waals surface area (Å²) in [5.41, 5.74) is 6.88. The summed E-state index contributed by atoms with van der Waals surface area (Å²) in [6.07, 6.45) is 0. The molecule has 0 radical (unpaired) electrons. The molecule has 202 valence electrons. The number of fused-ring (bicyclic) bond motifs is 2. The van der Waals surface area contributed by atoms with Crippen LogP contribution in [-0.2, 0) is 9.84 Å². The van der Waals surface area contributed by atoms with E-state index in [4.69, 9.17) is 0 Å². The van der Waals surface area contributed by atoms with Gasteiger partial charge in [-0.15, -0.1) is 0 Å². The highest BCUT2D eigenvalue weighted by atomic mass is 32.2. The van der Waals surface area contributed by atoms with E-state index < -0.39 is 9.84 Å². The predicted octanol–water partition coefficient (Wildman–Crippen LogP) is 8.87. The van der Waals surface area contributed by atoms with E-state index in [2.05, 4.69) is 0 Å². The average molecular weight is 564 g/mol. The van der Waals surface area contributed by atoms with E-state index in [1.54, 1.807) is 18.2 Å². The number of ketones is 1. The molecule has 1 heterocycles. The fraction of sp³-hybridized carbons (Fsp3) is 0. The predicted molar refractivity (Wildman–Crippen MR) is 167 cm³/mol. The molecule has 5 heteroatoms. The van der Waals surface area contributed by atoms with E-state index in [9.17, 15) is 13.2 Å². The molecule has 6 aromatic rings. The summed E-state index contributed by atoms with van der Waals surface area (Å²) in [5, 5.41) is 0. The SMILES string of the molecule is O=C(c1ccccc1)c1cccc(-c2cccc(N3c4ccccc4S(=O)(=O)c4cc(-c5ccccc5)ccc43)c2)c1. The van der Waals surface area contributed by atoms with Crippen LogP contribution in [0.25, 0.3) is 22.3 Å². The monoisotopic (exact) mass is 563 g/mol. The quantitative estimate of drug-likeness (QED) is 0.196. The lowest BCUT2D eigenvalue weighted by Crippen LogP contribution is -2.22. The van der Waals surface area contributed by atoms with Gasteiger partial charge in [0.15, 0.2) is 5.78 Å². The lowest BCUT2D eigenvalue weighted by atomic mass is 9.97. The molecule has 1 aliphatic heterocycles. The van der Waals surface area contributed by atoms with Gasteiger partial charge in [0.25, 0.3) is 0 Å². The summed E-state index contributed by atoms with van der Waals surface area (Å²) in [6, 6.07) is 47.3. The molecule has 0 aliphatic carbocycles. The van der Waals surface area contributed by atoms with Crippen LogP contribution in [0.3, 0.4) is 0 Å². The molecule has 0 aromatic heterocycles. The second kappa shape index (κ2) is 10.3. The molecule has 0 amide bonds. The minimum absolute atomic E-state index is 0.0353. The van der Waals surface area contributed by atoms with Crippen molar-refractivity contribution < 1.29 is 13.2 Å². The van der Waals surface area contributed by atoms with Gasteiger partial charge in [-0.25, -0.2) is 8.42 Å². The number of hydrogen-bond donors (Lipinski definition) is 0. The summed E-state index contributed by atoms with van der Waals surface area (Å²) in [5.74, 6) is -0.0353. The maximum Gasteiger partial charge on any atom is 0.210 e. The molecule has 42 heavy (non-hydrogen) atoms. The molecule has 0 saturated heterocycles. The van der Waals surface area contributed by atoms with Crippen molar-refractivity contribution in [3.05, 3.63) is 163 Å². The Balaban J connectivity index is 1.35. The molecule has 6 aromatic carbocycles. The molecule has 0 N–H and O–H groups in total. The molecular weight excluding hydrogens is 538 g/mol. The Morgan fingerprint density at radius 2 is 1.02 bits per heavy atom. The number of para-hydroxylation sites is 1. The largest absolute Gasteiger partial charge is 0.308 e. The molecule has 0 unspecified atom stereocenters. The van der Waals surface area contributed by atoms with Crippen LogP contribution in [0.2, 0.25) is 0 Å². The van der Waals surface area contributed by atoms with Crippen molar-refractivity contribution in [1.29, 1.82) is 0 Å². The standard InChI is InChI=1S/C37H25NO3S/c39-37(27-13-5-2-6-14-27)31-17-9-15-28(23-31)29-16-10-18-32(24-29)38-33-19-7-8-20-35(33)42(40,41)36-25-30(21-22-34(36)38)26-11-3-1-4-12-26/h1-25H. The van der Waals surface area contributed by atoms with Crippen LogP contribution < -0.4 is 4.90 Å². The lowest BCUT2D eigenvalue weighted by Gasteiger charge is -2.33. The third kappa shape index (κ3) is 4.41. The van der Waals surface area contributed by atoms with Crippen LogP contribution in [-0.4, -0.2) is 14.2 Å². The summed E-state index contributed by atoms with van der Waals surface area (Å²) in [6.45, 7) is 0. The normalized spacial score (nSPS) is 13.2. The highest BCUT2D eigenvalue weighted by Gasteiger charge is 2.35. The van der Waals surface area contributed by atoms with E-state index in [-0.39, 0.29) is 15.6 Å². The first-order chi connectivity index (χ1) is 20.5. The van der Waals surface area contributed by atoms with Crippen molar-refractivity contribution in [1.82, 2.24) is 0 Å². The molecule has 0 atom stereocenters. The van der Waals surface area contributed by atoms with Crippen LogP contribution in [0.5, 0.6) is 0 Å². The number of benzene rings is 6. The molecule has 4 nitrogen and oxygen atoms in total. The zero-order valence-corrected chi connectivity index (χ0v) is 23.3. The van der Waals surface area contributed by atoms with Crippen molar-refractivity contribution in [3.63, 3.8) is 0 Å². The van der Waals surface area contributed by atoms with E-state index in [0.29, 0.717) is 22.5 Å². The Kier molecular flexibility index (Phi) is 6.30. The van der Waals surface area contributed by atoms with Crippen molar-refractivity contribution >= 4 is 32.7 Å². The van der Waals surface area contributed by atoms with Crippen molar-refractivity contribution in [2.45, 2.75) is 9.79 Å². The molecule has 0 spiro atoms. The van der Waals surface area contributed by atoms with Gasteiger partial charge in [0.05, 0.1) is 21.2 Å². The fourth-order valence-corrected chi connectivity index (χ4v) is 7.19. The Hall–Kier alpha value is -5.26. The average Bonchev–Trinajstić information content (AvgIpc) is 3.05. The molecule has 0 bridgehead atoms. The number of rotatable bonds is 5. The minimum atomic E-state index is -3.76. The number of carbonyl (C=O) groups is 1. The topological polar surface area (TPSA) is 54.5 Å². The first kappa shape index (κ1) is 25.7. The zero-order chi connectivity index (χ0) is 28.7. The van der Waals surface area contributed by atoms with Gasteiger partial charge in [-0.2, -0.15) is 0 Å². The highest BCUT2D eigenvalue weighted by Crippen LogP contribution is 2.49. The first-order valence-corrected chi connectivity index (χ1v) is 15.1. The van der Waals surface area contributed by atoms with E-state index in [1.165, 1.54) is 0 Å². The summed E-state index contributed by atoms with van der Waals surface area (Å²) in [7, 11) is -3.76. The van der Waals surface area contributed by atoms with E-state index >= 15 is 0 Å². The van der Waals surface area contributed by atoms with Crippen LogP contribution in [0.1, 0.15) is 15.9 Å². The van der Waals surface area contributed by atoms with Gasteiger partial charge in [0.1, 0.15) is 0 Å². The first-order valence-electron chi connectivity index (χ1n) is 13.6. The Labute approximate surface area is 245 Å². The van der Waals surface area contributed by atoms with Crippen LogP contribution in [0.4, 0.5) is 17.1 Å². The van der Waals surface area contributed by atoms with Crippen LogP contribution in [0, 0.1) is 0 Å². The zero-order valence-electron chi connectivity index (χ0n) is 22.5. The summed E-state index contributed by atoms with van der Waals surface area (Å²) < 4.78 is 27.8. The van der Waals surface area contributed by atoms with Crippen molar-refractivity contribution in [2.24, 2.45) is 0 Å². The smallest absolute Gasteiger partial charge is 0.210 e. The van der Waals surface area contributed by atoms with Gasteiger partial charge in [-0.1, -0.05) is 109 Å². The van der Waals surface area contributed by atoms with Gasteiger partial charge in [0, 0.05) is 16.8 Å². The van der Waals surface area contributed by atoms with Gasteiger partial charge >= 0.3 is 0 Å². The Morgan fingerprint density at radius 3 is 1.81 bits per heavy atom. The van der Waals surface area contributed by atoms with E-state index in [0.717, 1.165) is 27.9 Å². The Bertz CT molecular complexity index is 2070. The maximum atomic E-state index is 13.9. The fourth-order valence-electron chi connectivity index (χ4n) is 5.54. The van der Waals surface area contributed by atoms with Crippen molar-refractivity contribution in [3.8, 4) is 22.3 Å². The second-order valence-electron chi connectivity index (χ2n) is 10.2. The lowest BCUT2D eigenvalue weighted by molar-refractivity contribution is 0.103. The molecule has 0 saturated carbocycles. The van der Waals surface area contributed by atoms with Gasteiger partial charge < -0.3 is 4.90 Å².